The van der Waals surface area contributed by atoms with E-state index in [4.69, 9.17) is 0 Å². The lowest BCUT2D eigenvalue weighted by Gasteiger charge is -2.40. The topological polar surface area (TPSA) is 49.4 Å². The minimum Gasteiger partial charge on any atom is -0.351 e. The van der Waals surface area contributed by atoms with Crippen molar-refractivity contribution in [3.63, 3.8) is 0 Å². The Kier molecular flexibility index (Phi) is 5.59. The van der Waals surface area contributed by atoms with Crippen LogP contribution >= 0.6 is 22.7 Å². The van der Waals surface area contributed by atoms with Gasteiger partial charge in [-0.3, -0.25) is 9.59 Å². The van der Waals surface area contributed by atoms with Crippen molar-refractivity contribution in [2.75, 3.05) is 4.90 Å². The Labute approximate surface area is 172 Å². The van der Waals surface area contributed by atoms with Crippen LogP contribution in [0.15, 0.2) is 59.3 Å². The molecule has 6 heteroatoms. The van der Waals surface area contributed by atoms with E-state index in [1.54, 1.807) is 22.7 Å². The molecule has 0 bridgehead atoms. The van der Waals surface area contributed by atoms with E-state index >= 15 is 0 Å². The SMILES string of the molecule is Cc1ccc(N2C(=O)CCC(C(=O)NCc3cccs3)C2c2cccs2)cc1. The molecule has 2 unspecified atom stereocenters. The van der Waals surface area contributed by atoms with Crippen LogP contribution in [0.2, 0.25) is 0 Å². The van der Waals surface area contributed by atoms with E-state index in [0.717, 1.165) is 21.0 Å². The third-order valence-electron chi connectivity index (χ3n) is 5.10. The molecule has 1 N–H and O–H groups in total. The first-order chi connectivity index (χ1) is 13.6. The number of carbonyl (C=O) groups excluding carboxylic acids is 2. The van der Waals surface area contributed by atoms with Crippen molar-refractivity contribution in [2.24, 2.45) is 5.92 Å². The van der Waals surface area contributed by atoms with Gasteiger partial charge in [0.1, 0.15) is 0 Å². The van der Waals surface area contributed by atoms with Gasteiger partial charge in [-0.15, -0.1) is 22.7 Å². The number of piperidine rings is 1. The van der Waals surface area contributed by atoms with Crippen LogP contribution in [0.1, 0.15) is 34.2 Å². The number of benzene rings is 1. The molecule has 0 saturated carbocycles. The van der Waals surface area contributed by atoms with Crippen LogP contribution in [-0.4, -0.2) is 11.8 Å². The van der Waals surface area contributed by atoms with Gasteiger partial charge in [-0.1, -0.05) is 29.8 Å². The summed E-state index contributed by atoms with van der Waals surface area (Å²) in [6.07, 6.45) is 0.951. The summed E-state index contributed by atoms with van der Waals surface area (Å²) >= 11 is 3.23. The standard InChI is InChI=1S/C22H22N2O2S2/c1-15-6-8-16(9-7-15)24-20(25)11-10-18(21(24)19-5-3-13-28-19)22(26)23-14-17-4-2-12-27-17/h2-9,12-13,18,21H,10-11,14H2,1H3,(H,23,26). The Hall–Kier alpha value is -2.44. The summed E-state index contributed by atoms with van der Waals surface area (Å²) in [5.74, 6) is -0.182. The highest BCUT2D eigenvalue weighted by Crippen LogP contribution is 2.41. The van der Waals surface area contributed by atoms with Gasteiger partial charge in [0.05, 0.1) is 18.5 Å². The Morgan fingerprint density at radius 2 is 1.86 bits per heavy atom. The average molecular weight is 411 g/mol. The summed E-state index contributed by atoms with van der Waals surface area (Å²) in [5, 5.41) is 7.09. The second kappa shape index (κ2) is 8.29. The van der Waals surface area contributed by atoms with Crippen molar-refractivity contribution in [1.29, 1.82) is 0 Å². The fourth-order valence-corrected chi connectivity index (χ4v) is 5.21. The smallest absolute Gasteiger partial charge is 0.227 e. The van der Waals surface area contributed by atoms with Gasteiger partial charge in [0.25, 0.3) is 0 Å². The molecule has 28 heavy (non-hydrogen) atoms. The number of amides is 2. The molecule has 4 rings (SSSR count). The van der Waals surface area contributed by atoms with Gasteiger partial charge in [-0.2, -0.15) is 0 Å². The molecule has 2 aromatic heterocycles. The van der Waals surface area contributed by atoms with Gasteiger partial charge in [0.15, 0.2) is 0 Å². The van der Waals surface area contributed by atoms with Gasteiger partial charge in [0, 0.05) is 21.9 Å². The van der Waals surface area contributed by atoms with Crippen LogP contribution in [0.25, 0.3) is 0 Å². The summed E-state index contributed by atoms with van der Waals surface area (Å²) in [5.41, 5.74) is 2.00. The predicted molar refractivity (Wildman–Crippen MR) is 115 cm³/mol. The van der Waals surface area contributed by atoms with E-state index in [-0.39, 0.29) is 23.8 Å². The molecule has 0 radical (unpaired) electrons. The van der Waals surface area contributed by atoms with Gasteiger partial charge in [0.2, 0.25) is 11.8 Å². The van der Waals surface area contributed by atoms with Crippen LogP contribution in [0.3, 0.4) is 0 Å². The first-order valence-electron chi connectivity index (χ1n) is 9.35. The lowest BCUT2D eigenvalue weighted by Crippen LogP contribution is -2.48. The number of nitrogens with zero attached hydrogens (tertiary/aromatic N) is 1. The van der Waals surface area contributed by atoms with Crippen molar-refractivity contribution in [2.45, 2.75) is 32.4 Å². The molecule has 3 heterocycles. The molecule has 144 valence electrons. The third kappa shape index (κ3) is 3.88. The molecule has 1 aliphatic heterocycles. The molecular formula is C22H22N2O2S2. The minimum atomic E-state index is -0.271. The zero-order chi connectivity index (χ0) is 19.5. The van der Waals surface area contributed by atoms with Crippen molar-refractivity contribution in [3.05, 3.63) is 74.6 Å². The van der Waals surface area contributed by atoms with Gasteiger partial charge >= 0.3 is 0 Å². The summed E-state index contributed by atoms with van der Waals surface area (Å²) in [7, 11) is 0. The third-order valence-corrected chi connectivity index (χ3v) is 6.92. The summed E-state index contributed by atoms with van der Waals surface area (Å²) in [6.45, 7) is 2.56. The number of aryl methyl sites for hydroxylation is 1. The van der Waals surface area contributed by atoms with E-state index < -0.39 is 0 Å². The predicted octanol–water partition coefficient (Wildman–Crippen LogP) is 4.92. The van der Waals surface area contributed by atoms with Gasteiger partial charge in [-0.25, -0.2) is 0 Å². The Bertz CT molecular complexity index is 934. The second-order valence-corrected chi connectivity index (χ2v) is 9.01. The Morgan fingerprint density at radius 1 is 1.11 bits per heavy atom. The number of nitrogens with one attached hydrogen (secondary N) is 1. The number of carbonyl (C=O) groups is 2. The first kappa shape index (κ1) is 18.9. The van der Waals surface area contributed by atoms with E-state index in [0.29, 0.717) is 19.4 Å². The summed E-state index contributed by atoms with van der Waals surface area (Å²) in [6, 6.07) is 15.7. The number of thiophene rings is 2. The number of hydrogen-bond donors (Lipinski definition) is 1. The monoisotopic (exact) mass is 410 g/mol. The highest BCUT2D eigenvalue weighted by atomic mass is 32.1. The van der Waals surface area contributed by atoms with Crippen LogP contribution in [0.4, 0.5) is 5.69 Å². The maximum absolute atomic E-state index is 13.1. The zero-order valence-electron chi connectivity index (χ0n) is 15.6. The number of anilines is 1. The molecular weight excluding hydrogens is 388 g/mol. The van der Waals surface area contributed by atoms with Crippen LogP contribution in [-0.2, 0) is 16.1 Å². The molecule has 2 atom stereocenters. The van der Waals surface area contributed by atoms with Gasteiger partial charge in [-0.05, 0) is 48.4 Å². The van der Waals surface area contributed by atoms with Crippen LogP contribution < -0.4 is 10.2 Å². The van der Waals surface area contributed by atoms with Crippen molar-refractivity contribution in [1.82, 2.24) is 5.32 Å². The summed E-state index contributed by atoms with van der Waals surface area (Å²) in [4.78, 5) is 30.0. The molecule has 4 nitrogen and oxygen atoms in total. The molecule has 1 aromatic carbocycles. The highest BCUT2D eigenvalue weighted by Gasteiger charge is 2.41. The number of rotatable bonds is 5. The van der Waals surface area contributed by atoms with Crippen molar-refractivity contribution < 1.29 is 9.59 Å². The van der Waals surface area contributed by atoms with Crippen LogP contribution in [0.5, 0.6) is 0 Å². The number of hydrogen-bond acceptors (Lipinski definition) is 4. The average Bonchev–Trinajstić information content (AvgIpc) is 3.41. The largest absolute Gasteiger partial charge is 0.351 e. The fourth-order valence-electron chi connectivity index (χ4n) is 3.68. The second-order valence-electron chi connectivity index (χ2n) is 7.00. The normalized spacial score (nSPS) is 19.6. The van der Waals surface area contributed by atoms with Crippen LogP contribution in [0, 0.1) is 12.8 Å². The van der Waals surface area contributed by atoms with E-state index in [9.17, 15) is 9.59 Å². The van der Waals surface area contributed by atoms with E-state index in [1.165, 1.54) is 0 Å². The molecule has 0 aliphatic carbocycles. The van der Waals surface area contributed by atoms with Crippen molar-refractivity contribution >= 4 is 40.2 Å². The lowest BCUT2D eigenvalue weighted by atomic mass is 9.86. The molecule has 2 amide bonds. The lowest BCUT2D eigenvalue weighted by molar-refractivity contribution is -0.129. The van der Waals surface area contributed by atoms with E-state index in [1.807, 2.05) is 71.1 Å². The van der Waals surface area contributed by atoms with Crippen molar-refractivity contribution in [3.8, 4) is 0 Å². The highest BCUT2D eigenvalue weighted by molar-refractivity contribution is 7.10. The van der Waals surface area contributed by atoms with E-state index in [2.05, 4.69) is 5.32 Å². The molecule has 1 aliphatic rings. The molecule has 0 spiro atoms. The maximum Gasteiger partial charge on any atom is 0.227 e. The fraction of sp³-hybridized carbons (Fsp3) is 0.273. The zero-order valence-corrected chi connectivity index (χ0v) is 17.3. The molecule has 1 saturated heterocycles. The first-order valence-corrected chi connectivity index (χ1v) is 11.1. The molecule has 1 fully saturated rings. The molecule has 3 aromatic rings. The minimum absolute atomic E-state index is 0.0106. The Balaban J connectivity index is 1.64. The quantitative estimate of drug-likeness (QED) is 0.649. The Morgan fingerprint density at radius 3 is 2.54 bits per heavy atom. The maximum atomic E-state index is 13.1. The van der Waals surface area contributed by atoms with Gasteiger partial charge < -0.3 is 10.2 Å². The summed E-state index contributed by atoms with van der Waals surface area (Å²) < 4.78 is 0.